The van der Waals surface area contributed by atoms with E-state index in [1.807, 2.05) is 0 Å². The summed E-state index contributed by atoms with van der Waals surface area (Å²) >= 11 is 0. The number of carboxylic acid groups (broad SMARTS) is 1. The fraction of sp³-hybridized carbons (Fsp3) is 0.231. The van der Waals surface area contributed by atoms with Crippen molar-refractivity contribution in [3.05, 3.63) is 35.9 Å². The van der Waals surface area contributed by atoms with Crippen molar-refractivity contribution in [3.63, 3.8) is 0 Å². The number of hydrogen-bond acceptors (Lipinski definition) is 3. The highest BCUT2D eigenvalue weighted by atomic mass is 19.1. The van der Waals surface area contributed by atoms with Crippen LogP contribution in [0.2, 0.25) is 0 Å². The summed E-state index contributed by atoms with van der Waals surface area (Å²) in [4.78, 5) is 10.6. The predicted molar refractivity (Wildman–Crippen MR) is 66.5 cm³/mol. The lowest BCUT2D eigenvalue weighted by molar-refractivity contribution is -0.136. The lowest BCUT2D eigenvalue weighted by Gasteiger charge is -2.05. The SMILES string of the molecule is COc1ccc(-c2cn[nH]c2CCC(=O)O)cc1F. The maximum Gasteiger partial charge on any atom is 0.303 e. The summed E-state index contributed by atoms with van der Waals surface area (Å²) in [7, 11) is 1.40. The normalized spacial score (nSPS) is 10.4. The second-order valence-corrected chi connectivity index (χ2v) is 4.01. The van der Waals surface area contributed by atoms with Crippen molar-refractivity contribution in [2.75, 3.05) is 7.11 Å². The Morgan fingerprint density at radius 1 is 1.53 bits per heavy atom. The van der Waals surface area contributed by atoms with Crippen LogP contribution >= 0.6 is 0 Å². The molecule has 1 heterocycles. The molecule has 0 saturated heterocycles. The molecule has 0 amide bonds. The molecule has 0 aliphatic heterocycles. The fourth-order valence-electron chi connectivity index (χ4n) is 1.82. The van der Waals surface area contributed by atoms with Gasteiger partial charge in [-0.25, -0.2) is 4.39 Å². The minimum Gasteiger partial charge on any atom is -0.494 e. The van der Waals surface area contributed by atoms with Gasteiger partial charge < -0.3 is 9.84 Å². The van der Waals surface area contributed by atoms with E-state index in [0.717, 1.165) is 0 Å². The highest BCUT2D eigenvalue weighted by molar-refractivity contribution is 5.69. The monoisotopic (exact) mass is 264 g/mol. The van der Waals surface area contributed by atoms with Gasteiger partial charge in [-0.05, 0) is 17.7 Å². The molecule has 2 aromatic rings. The van der Waals surface area contributed by atoms with Gasteiger partial charge in [0.05, 0.1) is 19.7 Å². The predicted octanol–water partition coefficient (Wildman–Crippen LogP) is 2.24. The molecule has 100 valence electrons. The van der Waals surface area contributed by atoms with Crippen LogP contribution in [-0.4, -0.2) is 28.4 Å². The second kappa shape index (κ2) is 5.51. The number of H-pyrrole nitrogens is 1. The van der Waals surface area contributed by atoms with Crippen LogP contribution in [0, 0.1) is 5.82 Å². The van der Waals surface area contributed by atoms with E-state index in [0.29, 0.717) is 23.2 Å². The molecule has 0 saturated carbocycles. The number of aryl methyl sites for hydroxylation is 1. The Morgan fingerprint density at radius 3 is 2.95 bits per heavy atom. The Balaban J connectivity index is 2.29. The first-order valence-electron chi connectivity index (χ1n) is 5.69. The summed E-state index contributed by atoms with van der Waals surface area (Å²) in [6.07, 6.45) is 1.87. The van der Waals surface area contributed by atoms with Gasteiger partial charge in [0.15, 0.2) is 11.6 Å². The van der Waals surface area contributed by atoms with E-state index in [1.54, 1.807) is 12.3 Å². The van der Waals surface area contributed by atoms with Crippen molar-refractivity contribution in [1.29, 1.82) is 0 Å². The number of carbonyl (C=O) groups is 1. The van der Waals surface area contributed by atoms with Crippen molar-refractivity contribution < 1.29 is 19.0 Å². The number of carboxylic acids is 1. The standard InChI is InChI=1S/C13H13FN2O3/c1-19-12-4-2-8(6-10(12)14)9-7-15-16-11(9)3-5-13(17)18/h2,4,6-7H,3,5H2,1H3,(H,15,16)(H,17,18). The van der Waals surface area contributed by atoms with Crippen molar-refractivity contribution in [2.24, 2.45) is 0 Å². The van der Waals surface area contributed by atoms with Crippen molar-refractivity contribution in [2.45, 2.75) is 12.8 Å². The van der Waals surface area contributed by atoms with Crippen LogP contribution in [0.4, 0.5) is 4.39 Å². The molecule has 2 N–H and O–H groups in total. The Bertz CT molecular complexity index is 595. The summed E-state index contributed by atoms with van der Waals surface area (Å²) < 4.78 is 18.5. The highest BCUT2D eigenvalue weighted by Gasteiger charge is 2.11. The van der Waals surface area contributed by atoms with Crippen LogP contribution in [0.5, 0.6) is 5.75 Å². The van der Waals surface area contributed by atoms with Gasteiger partial charge in [-0.1, -0.05) is 6.07 Å². The van der Waals surface area contributed by atoms with Gasteiger partial charge >= 0.3 is 5.97 Å². The average molecular weight is 264 g/mol. The van der Waals surface area contributed by atoms with Crippen LogP contribution in [0.15, 0.2) is 24.4 Å². The molecule has 5 nitrogen and oxygen atoms in total. The number of nitrogens with one attached hydrogen (secondary N) is 1. The third kappa shape index (κ3) is 2.90. The largest absolute Gasteiger partial charge is 0.494 e. The molecule has 0 aliphatic carbocycles. The number of hydrogen-bond donors (Lipinski definition) is 2. The Labute approximate surface area is 109 Å². The van der Waals surface area contributed by atoms with Crippen LogP contribution in [0.3, 0.4) is 0 Å². The quantitative estimate of drug-likeness (QED) is 0.868. The maximum absolute atomic E-state index is 13.6. The second-order valence-electron chi connectivity index (χ2n) is 4.01. The third-order valence-corrected chi connectivity index (χ3v) is 2.77. The number of nitrogens with zero attached hydrogens (tertiary/aromatic N) is 1. The van der Waals surface area contributed by atoms with Crippen LogP contribution in [-0.2, 0) is 11.2 Å². The first-order valence-corrected chi connectivity index (χ1v) is 5.69. The third-order valence-electron chi connectivity index (χ3n) is 2.77. The number of rotatable bonds is 5. The van der Waals surface area contributed by atoms with E-state index in [9.17, 15) is 9.18 Å². The van der Waals surface area contributed by atoms with Crippen LogP contribution in [0.25, 0.3) is 11.1 Å². The number of halogens is 1. The van der Waals surface area contributed by atoms with E-state index in [2.05, 4.69) is 10.2 Å². The molecule has 19 heavy (non-hydrogen) atoms. The zero-order valence-electron chi connectivity index (χ0n) is 10.3. The van der Waals surface area contributed by atoms with Gasteiger partial charge in [0, 0.05) is 17.7 Å². The molecule has 1 aromatic carbocycles. The minimum absolute atomic E-state index is 0.00612. The fourth-order valence-corrected chi connectivity index (χ4v) is 1.82. The van der Waals surface area contributed by atoms with E-state index in [-0.39, 0.29) is 12.2 Å². The zero-order valence-corrected chi connectivity index (χ0v) is 10.3. The van der Waals surface area contributed by atoms with E-state index in [4.69, 9.17) is 9.84 Å². The summed E-state index contributed by atoms with van der Waals surface area (Å²) in [5.74, 6) is -1.19. The number of aromatic amines is 1. The van der Waals surface area contributed by atoms with E-state index < -0.39 is 11.8 Å². The molecule has 0 fully saturated rings. The molecule has 0 unspecified atom stereocenters. The first-order chi connectivity index (χ1) is 9.11. The molecule has 6 heteroatoms. The molecule has 1 aromatic heterocycles. The lowest BCUT2D eigenvalue weighted by atomic mass is 10.0. The van der Waals surface area contributed by atoms with Crippen molar-refractivity contribution in [1.82, 2.24) is 10.2 Å². The number of methoxy groups -OCH3 is 1. The van der Waals surface area contributed by atoms with E-state index in [1.165, 1.54) is 19.2 Å². The van der Waals surface area contributed by atoms with Gasteiger partial charge in [0.2, 0.25) is 0 Å². The molecule has 0 radical (unpaired) electrons. The molecule has 0 atom stereocenters. The number of benzene rings is 1. The number of aromatic nitrogens is 2. The van der Waals surface area contributed by atoms with E-state index >= 15 is 0 Å². The number of ether oxygens (including phenoxy) is 1. The molecule has 0 bridgehead atoms. The average Bonchev–Trinajstić information content (AvgIpc) is 2.84. The van der Waals surface area contributed by atoms with Gasteiger partial charge in [0.25, 0.3) is 0 Å². The van der Waals surface area contributed by atoms with Gasteiger partial charge in [-0.15, -0.1) is 0 Å². The molecule has 2 rings (SSSR count). The summed E-state index contributed by atoms with van der Waals surface area (Å²) in [5, 5.41) is 15.3. The van der Waals surface area contributed by atoms with Crippen LogP contribution < -0.4 is 4.74 Å². The maximum atomic E-state index is 13.6. The Morgan fingerprint density at radius 2 is 2.32 bits per heavy atom. The Kier molecular flexibility index (Phi) is 3.79. The Hall–Kier alpha value is -2.37. The summed E-state index contributed by atoms with van der Waals surface area (Å²) in [6.45, 7) is 0. The molecular formula is C13H13FN2O3. The van der Waals surface area contributed by atoms with Crippen molar-refractivity contribution >= 4 is 5.97 Å². The van der Waals surface area contributed by atoms with Crippen LogP contribution in [0.1, 0.15) is 12.1 Å². The van der Waals surface area contributed by atoms with Gasteiger partial charge in [-0.2, -0.15) is 5.10 Å². The van der Waals surface area contributed by atoms with Gasteiger partial charge in [-0.3, -0.25) is 9.89 Å². The first kappa shape index (κ1) is 13.1. The minimum atomic E-state index is -0.888. The molecule has 0 aliphatic rings. The highest BCUT2D eigenvalue weighted by Crippen LogP contribution is 2.27. The summed E-state index contributed by atoms with van der Waals surface area (Å²) in [5.41, 5.74) is 2.00. The topological polar surface area (TPSA) is 75.2 Å². The van der Waals surface area contributed by atoms with Crippen molar-refractivity contribution in [3.8, 4) is 16.9 Å². The zero-order chi connectivity index (χ0) is 13.8. The molecular weight excluding hydrogens is 251 g/mol. The lowest BCUT2D eigenvalue weighted by Crippen LogP contribution is -1.99. The molecule has 0 spiro atoms. The van der Waals surface area contributed by atoms with Gasteiger partial charge in [0.1, 0.15) is 0 Å². The number of aliphatic carboxylic acids is 1. The summed E-state index contributed by atoms with van der Waals surface area (Å²) in [6, 6.07) is 4.57. The smallest absolute Gasteiger partial charge is 0.303 e.